The van der Waals surface area contributed by atoms with E-state index in [1.165, 1.54) is 0 Å². The third-order valence-electron chi connectivity index (χ3n) is 3.70. The van der Waals surface area contributed by atoms with Crippen LogP contribution in [0.3, 0.4) is 0 Å². The minimum absolute atomic E-state index is 0.190. The lowest BCUT2D eigenvalue weighted by molar-refractivity contribution is -0.297. The molecule has 0 bridgehead atoms. The molecule has 1 aliphatic rings. The summed E-state index contributed by atoms with van der Waals surface area (Å²) in [6, 6.07) is 19.6. The number of hydrogen-bond donors (Lipinski definition) is 1. The number of benzene rings is 2. The molecule has 92 valence electrons. The van der Waals surface area contributed by atoms with E-state index in [1.807, 2.05) is 67.6 Å². The van der Waals surface area contributed by atoms with Gasteiger partial charge in [0.05, 0.1) is 6.10 Å². The van der Waals surface area contributed by atoms with Gasteiger partial charge in [0.1, 0.15) is 11.7 Å². The quantitative estimate of drug-likeness (QED) is 0.874. The predicted octanol–water partition coefficient (Wildman–Crippen LogP) is 3.03. The van der Waals surface area contributed by atoms with Crippen molar-refractivity contribution in [2.24, 2.45) is 0 Å². The van der Waals surface area contributed by atoms with Gasteiger partial charge in [0.2, 0.25) is 0 Å². The highest BCUT2D eigenvalue weighted by atomic mass is 16.6. The zero-order valence-electron chi connectivity index (χ0n) is 10.3. The molecule has 2 nitrogen and oxygen atoms in total. The van der Waals surface area contributed by atoms with Gasteiger partial charge < -0.3 is 9.84 Å². The number of hydrogen-bond acceptors (Lipinski definition) is 2. The second kappa shape index (κ2) is 4.23. The van der Waals surface area contributed by atoms with E-state index in [0.29, 0.717) is 0 Å². The van der Waals surface area contributed by atoms with Crippen LogP contribution in [0.5, 0.6) is 0 Å². The molecule has 3 rings (SSSR count). The van der Waals surface area contributed by atoms with Crippen LogP contribution < -0.4 is 0 Å². The van der Waals surface area contributed by atoms with Crippen LogP contribution in [0, 0.1) is 0 Å². The fraction of sp³-hybridized carbons (Fsp3) is 0.250. The minimum Gasteiger partial charge on any atom is -0.379 e. The van der Waals surface area contributed by atoms with Crippen molar-refractivity contribution in [2.45, 2.75) is 24.7 Å². The molecule has 2 aromatic rings. The summed E-state index contributed by atoms with van der Waals surface area (Å²) in [6.45, 7) is 1.91. The first kappa shape index (κ1) is 11.5. The summed E-state index contributed by atoms with van der Waals surface area (Å²) in [4.78, 5) is 0. The molecule has 2 aromatic carbocycles. The SMILES string of the molecule is CC1OC(c2ccccc2)C1(O)c1ccccc1. The number of aliphatic hydroxyl groups is 1. The molecular formula is C16H16O2. The van der Waals surface area contributed by atoms with E-state index in [-0.39, 0.29) is 12.2 Å². The van der Waals surface area contributed by atoms with Gasteiger partial charge in [-0.3, -0.25) is 0 Å². The van der Waals surface area contributed by atoms with Crippen molar-refractivity contribution in [1.82, 2.24) is 0 Å². The maximum atomic E-state index is 10.9. The second-order valence-electron chi connectivity index (χ2n) is 4.76. The molecule has 3 unspecified atom stereocenters. The monoisotopic (exact) mass is 240 g/mol. The second-order valence-corrected chi connectivity index (χ2v) is 4.76. The van der Waals surface area contributed by atoms with Gasteiger partial charge >= 0.3 is 0 Å². The lowest BCUT2D eigenvalue weighted by atomic mass is 9.76. The summed E-state index contributed by atoms with van der Waals surface area (Å²) in [5.41, 5.74) is 1.00. The zero-order chi connectivity index (χ0) is 12.6. The fourth-order valence-electron chi connectivity index (χ4n) is 2.60. The van der Waals surface area contributed by atoms with Crippen molar-refractivity contribution in [1.29, 1.82) is 0 Å². The molecule has 0 aliphatic carbocycles. The predicted molar refractivity (Wildman–Crippen MR) is 70.1 cm³/mol. The molecule has 18 heavy (non-hydrogen) atoms. The molecule has 1 saturated heterocycles. The molecule has 0 spiro atoms. The normalized spacial score (nSPS) is 30.8. The van der Waals surface area contributed by atoms with Gasteiger partial charge in [-0.1, -0.05) is 60.7 Å². The van der Waals surface area contributed by atoms with Crippen LogP contribution in [-0.2, 0) is 10.3 Å². The van der Waals surface area contributed by atoms with E-state index in [9.17, 15) is 5.11 Å². The first-order valence-electron chi connectivity index (χ1n) is 6.21. The Morgan fingerprint density at radius 3 is 2.06 bits per heavy atom. The summed E-state index contributed by atoms with van der Waals surface area (Å²) < 4.78 is 5.75. The summed E-state index contributed by atoms with van der Waals surface area (Å²) in [6.07, 6.45) is -0.471. The first-order valence-corrected chi connectivity index (χ1v) is 6.21. The van der Waals surface area contributed by atoms with Gasteiger partial charge in [0, 0.05) is 0 Å². The maximum Gasteiger partial charge on any atom is 0.146 e. The van der Waals surface area contributed by atoms with Crippen LogP contribution >= 0.6 is 0 Å². The summed E-state index contributed by atoms with van der Waals surface area (Å²) in [5, 5.41) is 10.9. The van der Waals surface area contributed by atoms with E-state index in [0.717, 1.165) is 11.1 Å². The topological polar surface area (TPSA) is 29.5 Å². The average molecular weight is 240 g/mol. The van der Waals surface area contributed by atoms with Gasteiger partial charge in [-0.05, 0) is 18.1 Å². The molecule has 3 atom stereocenters. The number of ether oxygens (including phenoxy) is 1. The molecular weight excluding hydrogens is 224 g/mol. The van der Waals surface area contributed by atoms with Gasteiger partial charge in [0.25, 0.3) is 0 Å². The Hall–Kier alpha value is -1.64. The van der Waals surface area contributed by atoms with Crippen LogP contribution in [0.4, 0.5) is 0 Å². The smallest absolute Gasteiger partial charge is 0.146 e. The summed E-state index contributed by atoms with van der Waals surface area (Å²) in [5.74, 6) is 0. The van der Waals surface area contributed by atoms with Gasteiger partial charge in [0.15, 0.2) is 0 Å². The lowest BCUT2D eigenvalue weighted by Gasteiger charge is -2.51. The van der Waals surface area contributed by atoms with Gasteiger partial charge in [-0.25, -0.2) is 0 Å². The lowest BCUT2D eigenvalue weighted by Crippen LogP contribution is -2.56. The van der Waals surface area contributed by atoms with Crippen LogP contribution in [0.25, 0.3) is 0 Å². The molecule has 0 amide bonds. The summed E-state index contributed by atoms with van der Waals surface area (Å²) >= 11 is 0. The number of rotatable bonds is 2. The highest BCUT2D eigenvalue weighted by Gasteiger charge is 2.55. The van der Waals surface area contributed by atoms with Crippen LogP contribution in [0.2, 0.25) is 0 Å². The molecule has 1 N–H and O–H groups in total. The van der Waals surface area contributed by atoms with Crippen molar-refractivity contribution in [3.63, 3.8) is 0 Å². The molecule has 1 heterocycles. The highest BCUT2D eigenvalue weighted by molar-refractivity contribution is 5.33. The van der Waals surface area contributed by atoms with Crippen molar-refractivity contribution in [2.75, 3.05) is 0 Å². The van der Waals surface area contributed by atoms with Gasteiger partial charge in [-0.2, -0.15) is 0 Å². The largest absolute Gasteiger partial charge is 0.379 e. The third-order valence-corrected chi connectivity index (χ3v) is 3.70. The average Bonchev–Trinajstić information content (AvgIpc) is 2.45. The molecule has 0 aromatic heterocycles. The highest BCUT2D eigenvalue weighted by Crippen LogP contribution is 2.50. The Bertz CT molecular complexity index is 523. The van der Waals surface area contributed by atoms with E-state index in [2.05, 4.69) is 0 Å². The Balaban J connectivity index is 2.00. The molecule has 2 heteroatoms. The van der Waals surface area contributed by atoms with Crippen LogP contribution in [-0.4, -0.2) is 11.2 Å². The van der Waals surface area contributed by atoms with Crippen molar-refractivity contribution in [3.8, 4) is 0 Å². The van der Waals surface area contributed by atoms with Crippen molar-refractivity contribution in [3.05, 3.63) is 71.8 Å². The standard InChI is InChI=1S/C16H16O2/c1-12-16(17,14-10-6-3-7-11-14)15(18-12)13-8-4-2-5-9-13/h2-12,15,17H,1H3. The van der Waals surface area contributed by atoms with Gasteiger partial charge in [-0.15, -0.1) is 0 Å². The zero-order valence-corrected chi connectivity index (χ0v) is 10.3. The minimum atomic E-state index is -0.928. The molecule has 1 aliphatic heterocycles. The van der Waals surface area contributed by atoms with Crippen LogP contribution in [0.1, 0.15) is 24.2 Å². The Kier molecular flexibility index (Phi) is 2.69. The Morgan fingerprint density at radius 2 is 1.50 bits per heavy atom. The Morgan fingerprint density at radius 1 is 0.944 bits per heavy atom. The van der Waals surface area contributed by atoms with E-state index >= 15 is 0 Å². The van der Waals surface area contributed by atoms with Crippen LogP contribution in [0.15, 0.2) is 60.7 Å². The third kappa shape index (κ3) is 1.57. The molecule has 0 saturated carbocycles. The Labute approximate surface area is 107 Å². The fourth-order valence-corrected chi connectivity index (χ4v) is 2.60. The molecule has 0 radical (unpaired) electrons. The van der Waals surface area contributed by atoms with E-state index < -0.39 is 5.60 Å². The van der Waals surface area contributed by atoms with Crippen molar-refractivity contribution >= 4 is 0 Å². The summed E-state index contributed by atoms with van der Waals surface area (Å²) in [7, 11) is 0. The van der Waals surface area contributed by atoms with Crippen molar-refractivity contribution < 1.29 is 9.84 Å². The maximum absolute atomic E-state index is 10.9. The van der Waals surface area contributed by atoms with E-state index in [4.69, 9.17) is 4.74 Å². The van der Waals surface area contributed by atoms with E-state index in [1.54, 1.807) is 0 Å². The molecule has 1 fully saturated rings. The first-order chi connectivity index (χ1) is 8.73.